The quantitative estimate of drug-likeness (QED) is 0.618. The van der Waals surface area contributed by atoms with Gasteiger partial charge in [-0.05, 0) is 42.0 Å². The Balaban J connectivity index is 1.34. The molecule has 2 aromatic carbocycles. The summed E-state index contributed by atoms with van der Waals surface area (Å²) >= 11 is 6.00. The third kappa shape index (κ3) is 5.04. The highest BCUT2D eigenvalue weighted by Crippen LogP contribution is 2.22. The first-order valence-corrected chi connectivity index (χ1v) is 9.98. The van der Waals surface area contributed by atoms with Crippen molar-refractivity contribution in [1.29, 1.82) is 0 Å². The van der Waals surface area contributed by atoms with Crippen LogP contribution in [0.15, 0.2) is 60.8 Å². The average molecular weight is 427 g/mol. The van der Waals surface area contributed by atoms with Gasteiger partial charge in [0.05, 0.1) is 6.42 Å². The Morgan fingerprint density at radius 2 is 1.83 bits per heavy atom. The molecule has 1 aliphatic rings. The number of rotatable bonds is 5. The van der Waals surface area contributed by atoms with Crippen molar-refractivity contribution in [2.45, 2.75) is 6.42 Å². The lowest BCUT2D eigenvalue weighted by molar-refractivity contribution is -0.130. The summed E-state index contributed by atoms with van der Waals surface area (Å²) in [6.45, 7) is 2.43. The van der Waals surface area contributed by atoms with Gasteiger partial charge in [0.15, 0.2) is 0 Å². The van der Waals surface area contributed by atoms with Crippen LogP contribution in [0.5, 0.6) is 11.6 Å². The zero-order valence-electron chi connectivity index (χ0n) is 16.2. The molecule has 1 fully saturated rings. The number of carbonyl (C=O) groups is 1. The summed E-state index contributed by atoms with van der Waals surface area (Å²) < 4.78 is 18.7. The maximum Gasteiger partial charge on any atom is 0.228 e. The van der Waals surface area contributed by atoms with E-state index in [2.05, 4.69) is 9.97 Å². The van der Waals surface area contributed by atoms with Crippen molar-refractivity contribution in [1.82, 2.24) is 14.9 Å². The minimum atomic E-state index is -0.325. The van der Waals surface area contributed by atoms with E-state index in [4.69, 9.17) is 16.3 Å². The third-order valence-electron chi connectivity index (χ3n) is 4.81. The number of carbonyl (C=O) groups excluding carboxylic acids is 1. The van der Waals surface area contributed by atoms with Crippen LogP contribution in [0.2, 0.25) is 5.02 Å². The van der Waals surface area contributed by atoms with Gasteiger partial charge in [-0.2, -0.15) is 4.98 Å². The number of hydrogen-bond acceptors (Lipinski definition) is 5. The van der Waals surface area contributed by atoms with Gasteiger partial charge in [0.1, 0.15) is 11.6 Å². The number of aromatic nitrogens is 2. The van der Waals surface area contributed by atoms with Gasteiger partial charge in [0.25, 0.3) is 0 Å². The number of halogens is 2. The van der Waals surface area contributed by atoms with Gasteiger partial charge in [-0.25, -0.2) is 9.37 Å². The van der Waals surface area contributed by atoms with Crippen molar-refractivity contribution in [2.24, 2.45) is 0 Å². The SMILES string of the molecule is O=C(Cc1cccc(Cl)c1)N1CCN(c2nccc(Oc3ccc(F)cc3)n2)CC1. The molecule has 1 amide bonds. The molecule has 0 atom stereocenters. The predicted octanol–water partition coefficient (Wildman–Crippen LogP) is 3.95. The van der Waals surface area contributed by atoms with Crippen LogP contribution in [0.1, 0.15) is 5.56 Å². The number of nitrogens with zero attached hydrogens (tertiary/aromatic N) is 4. The average Bonchev–Trinajstić information content (AvgIpc) is 2.76. The van der Waals surface area contributed by atoms with Crippen LogP contribution in [0.4, 0.5) is 10.3 Å². The van der Waals surface area contributed by atoms with Crippen LogP contribution in [-0.4, -0.2) is 47.0 Å². The maximum absolute atomic E-state index is 13.0. The Labute approximate surface area is 178 Å². The van der Waals surface area contributed by atoms with E-state index in [1.165, 1.54) is 12.1 Å². The lowest BCUT2D eigenvalue weighted by Crippen LogP contribution is -2.49. The minimum Gasteiger partial charge on any atom is -0.439 e. The second-order valence-corrected chi connectivity index (χ2v) is 7.36. The highest BCUT2D eigenvalue weighted by Gasteiger charge is 2.23. The standard InChI is InChI=1S/C22H20ClFN4O2/c23-17-3-1-2-16(14-17)15-21(29)27-10-12-28(13-11-27)22-25-9-8-20(26-22)30-19-6-4-18(24)5-7-19/h1-9,14H,10-13,15H2. The van der Waals surface area contributed by atoms with E-state index < -0.39 is 0 Å². The molecule has 0 bridgehead atoms. The molecule has 0 saturated carbocycles. The van der Waals surface area contributed by atoms with Gasteiger partial charge in [0.2, 0.25) is 17.7 Å². The summed E-state index contributed by atoms with van der Waals surface area (Å²) in [5.41, 5.74) is 0.906. The number of anilines is 1. The topological polar surface area (TPSA) is 58.6 Å². The van der Waals surface area contributed by atoms with Crippen molar-refractivity contribution >= 4 is 23.5 Å². The Morgan fingerprint density at radius 3 is 2.57 bits per heavy atom. The molecule has 30 heavy (non-hydrogen) atoms. The Kier molecular flexibility index (Phi) is 6.09. The van der Waals surface area contributed by atoms with Crippen molar-refractivity contribution in [3.8, 4) is 11.6 Å². The van der Waals surface area contributed by atoms with Gasteiger partial charge in [-0.3, -0.25) is 4.79 Å². The first-order chi connectivity index (χ1) is 14.6. The number of ether oxygens (including phenoxy) is 1. The molecule has 6 nitrogen and oxygen atoms in total. The first-order valence-electron chi connectivity index (χ1n) is 9.60. The highest BCUT2D eigenvalue weighted by atomic mass is 35.5. The molecule has 0 radical (unpaired) electrons. The van der Waals surface area contributed by atoms with E-state index in [0.29, 0.717) is 55.2 Å². The largest absolute Gasteiger partial charge is 0.439 e. The molecule has 1 aliphatic heterocycles. The van der Waals surface area contributed by atoms with Crippen molar-refractivity contribution in [3.05, 3.63) is 77.2 Å². The van der Waals surface area contributed by atoms with Gasteiger partial charge >= 0.3 is 0 Å². The molecule has 3 aromatic rings. The fourth-order valence-corrected chi connectivity index (χ4v) is 3.47. The number of amides is 1. The lowest BCUT2D eigenvalue weighted by atomic mass is 10.1. The van der Waals surface area contributed by atoms with Crippen molar-refractivity contribution in [2.75, 3.05) is 31.1 Å². The molecular weight excluding hydrogens is 407 g/mol. The van der Waals surface area contributed by atoms with Crippen LogP contribution < -0.4 is 9.64 Å². The molecule has 0 spiro atoms. The van der Waals surface area contributed by atoms with E-state index in [1.54, 1.807) is 30.5 Å². The van der Waals surface area contributed by atoms with E-state index in [0.717, 1.165) is 5.56 Å². The Hall–Kier alpha value is -3.19. The van der Waals surface area contributed by atoms with Crippen LogP contribution >= 0.6 is 11.6 Å². The van der Waals surface area contributed by atoms with Gasteiger partial charge in [-0.1, -0.05) is 23.7 Å². The predicted molar refractivity (Wildman–Crippen MR) is 112 cm³/mol. The Bertz CT molecular complexity index is 1020. The molecule has 0 aliphatic carbocycles. The molecule has 1 aromatic heterocycles. The summed E-state index contributed by atoms with van der Waals surface area (Å²) in [6.07, 6.45) is 1.95. The second-order valence-electron chi connectivity index (χ2n) is 6.93. The van der Waals surface area contributed by atoms with Crippen LogP contribution in [-0.2, 0) is 11.2 Å². The zero-order valence-corrected chi connectivity index (χ0v) is 16.9. The second kappa shape index (κ2) is 9.09. The zero-order chi connectivity index (χ0) is 20.9. The van der Waals surface area contributed by atoms with Crippen molar-refractivity contribution in [3.63, 3.8) is 0 Å². The molecule has 2 heterocycles. The fraction of sp³-hybridized carbons (Fsp3) is 0.227. The number of hydrogen-bond donors (Lipinski definition) is 0. The van der Waals surface area contributed by atoms with E-state index >= 15 is 0 Å². The normalized spacial score (nSPS) is 13.9. The maximum atomic E-state index is 13.0. The van der Waals surface area contributed by atoms with Crippen LogP contribution in [0.3, 0.4) is 0 Å². The summed E-state index contributed by atoms with van der Waals surface area (Å²) in [7, 11) is 0. The fourth-order valence-electron chi connectivity index (χ4n) is 3.25. The monoisotopic (exact) mass is 426 g/mol. The molecule has 1 saturated heterocycles. The minimum absolute atomic E-state index is 0.0752. The molecule has 4 rings (SSSR count). The first kappa shape index (κ1) is 20.1. The smallest absolute Gasteiger partial charge is 0.228 e. The summed E-state index contributed by atoms with van der Waals surface area (Å²) in [5, 5.41) is 0.630. The van der Waals surface area contributed by atoms with E-state index in [9.17, 15) is 9.18 Å². The number of benzene rings is 2. The molecule has 0 N–H and O–H groups in total. The number of piperazine rings is 1. The van der Waals surface area contributed by atoms with Crippen LogP contribution in [0.25, 0.3) is 0 Å². The van der Waals surface area contributed by atoms with E-state index in [-0.39, 0.29) is 11.7 Å². The van der Waals surface area contributed by atoms with E-state index in [1.807, 2.05) is 28.0 Å². The summed E-state index contributed by atoms with van der Waals surface area (Å²) in [5.74, 6) is 1.17. The summed E-state index contributed by atoms with van der Waals surface area (Å²) in [4.78, 5) is 25.2. The molecule has 154 valence electrons. The molecule has 0 unspecified atom stereocenters. The molecule has 8 heteroatoms. The Morgan fingerprint density at radius 1 is 1.07 bits per heavy atom. The third-order valence-corrected chi connectivity index (χ3v) is 5.05. The summed E-state index contributed by atoms with van der Waals surface area (Å²) in [6, 6.07) is 14.8. The highest BCUT2D eigenvalue weighted by molar-refractivity contribution is 6.30. The molecular formula is C22H20ClFN4O2. The van der Waals surface area contributed by atoms with Gasteiger partial charge in [-0.15, -0.1) is 0 Å². The van der Waals surface area contributed by atoms with Crippen LogP contribution in [0, 0.1) is 5.82 Å². The van der Waals surface area contributed by atoms with Gasteiger partial charge in [0, 0.05) is 43.5 Å². The van der Waals surface area contributed by atoms with Crippen molar-refractivity contribution < 1.29 is 13.9 Å². The lowest BCUT2D eigenvalue weighted by Gasteiger charge is -2.34. The van der Waals surface area contributed by atoms with Gasteiger partial charge < -0.3 is 14.5 Å².